The van der Waals surface area contributed by atoms with Gasteiger partial charge in [0.05, 0.1) is 16.9 Å². The Balaban J connectivity index is 1.43. The van der Waals surface area contributed by atoms with Gasteiger partial charge in [0.1, 0.15) is 5.82 Å². The van der Waals surface area contributed by atoms with Crippen LogP contribution in [0.4, 0.5) is 17.2 Å². The molecule has 0 radical (unpaired) electrons. The molecular weight excluding hydrogens is 420 g/mol. The lowest BCUT2D eigenvalue weighted by Gasteiger charge is -2.49. The van der Waals surface area contributed by atoms with E-state index >= 15 is 0 Å². The predicted octanol–water partition coefficient (Wildman–Crippen LogP) is 2.57. The third-order valence-corrected chi connectivity index (χ3v) is 6.41. The number of hydrogen-bond donors (Lipinski definition) is 1. The second-order valence-electron chi connectivity index (χ2n) is 8.35. The maximum absolute atomic E-state index is 13.4. The molecule has 0 aliphatic carbocycles. The van der Waals surface area contributed by atoms with Gasteiger partial charge in [-0.1, -0.05) is 12.1 Å². The Morgan fingerprint density at radius 3 is 2.82 bits per heavy atom. The number of fused-ring (bicyclic) bond motifs is 3. The summed E-state index contributed by atoms with van der Waals surface area (Å²) in [6, 6.07) is 14.5. The highest BCUT2D eigenvalue weighted by Gasteiger charge is 2.42. The van der Waals surface area contributed by atoms with Crippen molar-refractivity contribution < 1.29 is 9.72 Å². The summed E-state index contributed by atoms with van der Waals surface area (Å²) < 4.78 is 0. The zero-order valence-electron chi connectivity index (χ0n) is 18.0. The van der Waals surface area contributed by atoms with E-state index < -0.39 is 0 Å². The quantitative estimate of drug-likeness (QED) is 0.476. The number of amides is 1. The molecule has 9 heteroatoms. The molecule has 9 nitrogen and oxygen atoms in total. The highest BCUT2D eigenvalue weighted by molar-refractivity contribution is 5.82. The van der Waals surface area contributed by atoms with E-state index in [1.165, 1.54) is 0 Å². The van der Waals surface area contributed by atoms with Gasteiger partial charge in [0.2, 0.25) is 5.91 Å². The maximum Gasteiger partial charge on any atom is 0.269 e. The summed E-state index contributed by atoms with van der Waals surface area (Å²) in [7, 11) is 0. The Morgan fingerprint density at radius 2 is 2.06 bits per heavy atom. The van der Waals surface area contributed by atoms with Crippen LogP contribution in [0.1, 0.15) is 11.1 Å². The molecule has 1 fully saturated rings. The number of carbonyl (C=O) groups is 1. The largest absolute Gasteiger partial charge is 0.364 e. The first-order valence-corrected chi connectivity index (χ1v) is 11.0. The highest BCUT2D eigenvalue weighted by Crippen LogP contribution is 2.38. The average molecular weight is 444 g/mol. The third kappa shape index (κ3) is 4.21. The number of nitro benzene ring substituents is 1. The second kappa shape index (κ2) is 8.85. The van der Waals surface area contributed by atoms with Crippen molar-refractivity contribution >= 4 is 23.1 Å². The van der Waals surface area contributed by atoms with Gasteiger partial charge in [-0.25, -0.2) is 4.98 Å². The SMILES string of the molecule is O=C(NCc1cccnc1)[C@@H]1Cc2cc([N+](=O)[O-])ccc2N2CCN(c3ccccn3)C[C@H]12. The molecule has 168 valence electrons. The number of rotatable bonds is 5. The number of aromatic nitrogens is 2. The molecule has 2 aromatic heterocycles. The monoisotopic (exact) mass is 444 g/mol. The Bertz CT molecular complexity index is 1160. The lowest BCUT2D eigenvalue weighted by Crippen LogP contribution is -2.61. The number of pyridine rings is 2. The smallest absolute Gasteiger partial charge is 0.269 e. The topological polar surface area (TPSA) is 104 Å². The number of nitro groups is 1. The fourth-order valence-electron chi connectivity index (χ4n) is 4.79. The molecule has 5 rings (SSSR count). The Kier molecular flexibility index (Phi) is 5.60. The van der Waals surface area contributed by atoms with E-state index in [9.17, 15) is 14.9 Å². The van der Waals surface area contributed by atoms with Gasteiger partial charge in [0, 0.05) is 62.6 Å². The molecule has 1 N–H and O–H groups in total. The van der Waals surface area contributed by atoms with E-state index in [0.717, 1.165) is 29.2 Å². The first-order chi connectivity index (χ1) is 16.1. The molecule has 1 aromatic carbocycles. The van der Waals surface area contributed by atoms with Gasteiger partial charge in [0.15, 0.2) is 0 Å². The van der Waals surface area contributed by atoms with Gasteiger partial charge in [-0.05, 0) is 41.8 Å². The molecular formula is C24H24N6O3. The second-order valence-corrected chi connectivity index (χ2v) is 8.35. The molecule has 0 saturated carbocycles. The summed E-state index contributed by atoms with van der Waals surface area (Å²) in [6.45, 7) is 2.51. The van der Waals surface area contributed by atoms with Crippen LogP contribution in [0.3, 0.4) is 0 Å². The molecule has 2 aliphatic heterocycles. The molecule has 0 spiro atoms. The van der Waals surface area contributed by atoms with Crippen molar-refractivity contribution in [3.8, 4) is 0 Å². The van der Waals surface area contributed by atoms with Crippen molar-refractivity contribution in [2.24, 2.45) is 5.92 Å². The summed E-state index contributed by atoms with van der Waals surface area (Å²) in [5.74, 6) is 0.484. The summed E-state index contributed by atoms with van der Waals surface area (Å²) >= 11 is 0. The Labute approximate surface area is 191 Å². The van der Waals surface area contributed by atoms with Gasteiger partial charge < -0.3 is 15.1 Å². The number of anilines is 2. The van der Waals surface area contributed by atoms with E-state index in [4.69, 9.17) is 0 Å². The van der Waals surface area contributed by atoms with Crippen LogP contribution in [0.2, 0.25) is 0 Å². The zero-order chi connectivity index (χ0) is 22.8. The predicted molar refractivity (Wildman–Crippen MR) is 124 cm³/mol. The Morgan fingerprint density at radius 1 is 1.15 bits per heavy atom. The number of carbonyl (C=O) groups excluding carboxylic acids is 1. The number of piperazine rings is 1. The summed E-state index contributed by atoms with van der Waals surface area (Å²) in [6.07, 6.45) is 5.65. The normalized spacial score (nSPS) is 19.4. The first kappa shape index (κ1) is 20.9. The van der Waals surface area contributed by atoms with Crippen molar-refractivity contribution in [3.05, 3.63) is 88.4 Å². The van der Waals surface area contributed by atoms with Crippen LogP contribution >= 0.6 is 0 Å². The molecule has 0 unspecified atom stereocenters. The summed E-state index contributed by atoms with van der Waals surface area (Å²) in [5.41, 5.74) is 2.79. The molecule has 4 heterocycles. The van der Waals surface area contributed by atoms with Crippen molar-refractivity contribution in [2.75, 3.05) is 29.4 Å². The van der Waals surface area contributed by atoms with E-state index in [2.05, 4.69) is 25.1 Å². The standard InChI is InChI=1S/C24H24N6O3/c31-24(27-15-17-4-3-8-25-14-17)20-13-18-12-19(30(32)33)6-7-21(18)29-11-10-28(16-22(20)29)23-5-1-2-9-26-23/h1-9,12,14,20,22H,10-11,13,15-16H2,(H,27,31)/t20-,22-/m1/s1. The first-order valence-electron chi connectivity index (χ1n) is 11.0. The average Bonchev–Trinajstić information content (AvgIpc) is 2.87. The van der Waals surface area contributed by atoms with E-state index in [1.54, 1.807) is 30.7 Å². The third-order valence-electron chi connectivity index (χ3n) is 6.41. The molecule has 2 atom stereocenters. The minimum atomic E-state index is -0.386. The van der Waals surface area contributed by atoms with Gasteiger partial charge in [-0.3, -0.25) is 19.9 Å². The lowest BCUT2D eigenvalue weighted by atomic mass is 9.83. The molecule has 1 amide bonds. The van der Waals surface area contributed by atoms with Crippen molar-refractivity contribution in [3.63, 3.8) is 0 Å². The van der Waals surface area contributed by atoms with Gasteiger partial charge in [0.25, 0.3) is 5.69 Å². The van der Waals surface area contributed by atoms with Crippen molar-refractivity contribution in [2.45, 2.75) is 19.0 Å². The fourth-order valence-corrected chi connectivity index (χ4v) is 4.79. The number of benzene rings is 1. The molecule has 33 heavy (non-hydrogen) atoms. The Hall–Kier alpha value is -4.01. The highest BCUT2D eigenvalue weighted by atomic mass is 16.6. The minimum Gasteiger partial charge on any atom is -0.364 e. The maximum atomic E-state index is 13.4. The summed E-state index contributed by atoms with van der Waals surface area (Å²) in [5, 5.41) is 14.4. The van der Waals surface area contributed by atoms with Crippen LogP contribution in [0.15, 0.2) is 67.1 Å². The van der Waals surface area contributed by atoms with Crippen molar-refractivity contribution in [1.82, 2.24) is 15.3 Å². The van der Waals surface area contributed by atoms with Crippen LogP contribution in [0.25, 0.3) is 0 Å². The fraction of sp³-hybridized carbons (Fsp3) is 0.292. The van der Waals surface area contributed by atoms with Crippen molar-refractivity contribution in [1.29, 1.82) is 0 Å². The number of nitrogens with zero attached hydrogens (tertiary/aromatic N) is 5. The molecule has 2 aliphatic rings. The number of nitrogens with one attached hydrogen (secondary N) is 1. The van der Waals surface area contributed by atoms with Crippen LogP contribution in [0.5, 0.6) is 0 Å². The molecule has 1 saturated heterocycles. The number of non-ortho nitro benzene ring substituents is 1. The van der Waals surface area contributed by atoms with Crippen LogP contribution in [-0.2, 0) is 17.8 Å². The van der Waals surface area contributed by atoms with Gasteiger partial charge in [-0.15, -0.1) is 0 Å². The van der Waals surface area contributed by atoms with E-state index in [1.807, 2.05) is 36.4 Å². The number of hydrogen-bond acceptors (Lipinski definition) is 7. The van der Waals surface area contributed by atoms with Crippen LogP contribution < -0.4 is 15.1 Å². The van der Waals surface area contributed by atoms with Gasteiger partial charge >= 0.3 is 0 Å². The molecule has 0 bridgehead atoms. The van der Waals surface area contributed by atoms with Crippen LogP contribution in [-0.4, -0.2) is 46.5 Å². The van der Waals surface area contributed by atoms with E-state index in [0.29, 0.717) is 26.1 Å². The molecule has 3 aromatic rings. The van der Waals surface area contributed by atoms with Crippen LogP contribution in [0, 0.1) is 16.0 Å². The van der Waals surface area contributed by atoms with Gasteiger partial charge in [-0.2, -0.15) is 0 Å². The zero-order valence-corrected chi connectivity index (χ0v) is 18.0. The minimum absolute atomic E-state index is 0.0499. The lowest BCUT2D eigenvalue weighted by molar-refractivity contribution is -0.384. The summed E-state index contributed by atoms with van der Waals surface area (Å²) in [4.78, 5) is 37.4. The van der Waals surface area contributed by atoms with E-state index in [-0.39, 0.29) is 28.5 Å².